The summed E-state index contributed by atoms with van der Waals surface area (Å²) < 4.78 is 0. The largest absolute Gasteiger partial charge is 0.323 e. The molecule has 0 radical (unpaired) electrons. The second-order valence-corrected chi connectivity index (χ2v) is 7.27. The number of benzene rings is 2. The standard InChI is InChI=1S/C24H37N3/c1-5-17-11-9-12-18(6-2)23(17)21(25)15-27-16-22(26)24-19(7-3)13-10-14-20(24)8-4/h9-14,21-22,27H,5-8,15-16,25-26H2,1-4H3. The van der Waals surface area contributed by atoms with Crippen LogP contribution in [0.4, 0.5) is 0 Å². The predicted molar refractivity (Wildman–Crippen MR) is 117 cm³/mol. The van der Waals surface area contributed by atoms with Crippen molar-refractivity contribution in [3.63, 3.8) is 0 Å². The summed E-state index contributed by atoms with van der Waals surface area (Å²) in [5.74, 6) is 0. The average Bonchev–Trinajstić information content (AvgIpc) is 2.71. The van der Waals surface area contributed by atoms with Crippen LogP contribution in [0.1, 0.15) is 73.2 Å². The van der Waals surface area contributed by atoms with Crippen LogP contribution in [0, 0.1) is 0 Å². The van der Waals surface area contributed by atoms with Crippen LogP contribution < -0.4 is 16.8 Å². The Morgan fingerprint density at radius 2 is 0.926 bits per heavy atom. The van der Waals surface area contributed by atoms with Crippen molar-refractivity contribution in [1.82, 2.24) is 5.32 Å². The minimum absolute atomic E-state index is 0.00429. The predicted octanol–water partition coefficient (Wildman–Crippen LogP) is 4.23. The van der Waals surface area contributed by atoms with Gasteiger partial charge in [0.15, 0.2) is 0 Å². The molecule has 2 aromatic carbocycles. The van der Waals surface area contributed by atoms with Crippen LogP contribution in [0.15, 0.2) is 36.4 Å². The van der Waals surface area contributed by atoms with E-state index in [0.29, 0.717) is 0 Å². The molecule has 0 aliphatic carbocycles. The molecule has 0 amide bonds. The molecule has 0 aromatic heterocycles. The average molecular weight is 368 g/mol. The molecule has 2 rings (SSSR count). The lowest BCUT2D eigenvalue weighted by atomic mass is 9.91. The second-order valence-electron chi connectivity index (χ2n) is 7.27. The van der Waals surface area contributed by atoms with E-state index in [0.717, 1.165) is 38.8 Å². The maximum Gasteiger partial charge on any atom is 0.0427 e. The van der Waals surface area contributed by atoms with Crippen molar-refractivity contribution in [2.75, 3.05) is 13.1 Å². The molecule has 0 spiro atoms. The van der Waals surface area contributed by atoms with E-state index < -0.39 is 0 Å². The maximum absolute atomic E-state index is 6.58. The van der Waals surface area contributed by atoms with Gasteiger partial charge in [-0.3, -0.25) is 0 Å². The Kier molecular flexibility index (Phi) is 8.49. The van der Waals surface area contributed by atoms with Crippen molar-refractivity contribution in [2.45, 2.75) is 65.5 Å². The molecule has 3 heteroatoms. The molecule has 0 aliphatic heterocycles. The molecule has 2 atom stereocenters. The topological polar surface area (TPSA) is 64.1 Å². The minimum atomic E-state index is -0.00429. The van der Waals surface area contributed by atoms with E-state index in [1.165, 1.54) is 33.4 Å². The summed E-state index contributed by atoms with van der Waals surface area (Å²) >= 11 is 0. The zero-order valence-electron chi connectivity index (χ0n) is 17.5. The number of hydrogen-bond acceptors (Lipinski definition) is 3. The molecule has 0 fully saturated rings. The van der Waals surface area contributed by atoms with Gasteiger partial charge in [0.1, 0.15) is 0 Å². The van der Waals surface area contributed by atoms with Gasteiger partial charge in [0.25, 0.3) is 0 Å². The SMILES string of the molecule is CCc1cccc(CC)c1C(N)CNCC(N)c1c(CC)cccc1CC. The van der Waals surface area contributed by atoms with Crippen LogP contribution in [0.3, 0.4) is 0 Å². The Labute approximate surface area is 165 Å². The molecule has 2 unspecified atom stereocenters. The lowest BCUT2D eigenvalue weighted by molar-refractivity contribution is 0.545. The molecular formula is C24H37N3. The third kappa shape index (κ3) is 5.19. The molecule has 0 bridgehead atoms. The van der Waals surface area contributed by atoms with Gasteiger partial charge in [0, 0.05) is 25.2 Å². The minimum Gasteiger partial charge on any atom is -0.323 e. The molecule has 0 heterocycles. The van der Waals surface area contributed by atoms with Crippen LogP contribution in [-0.4, -0.2) is 13.1 Å². The summed E-state index contributed by atoms with van der Waals surface area (Å²) in [5.41, 5.74) is 21.2. The molecule has 5 N–H and O–H groups in total. The molecular weight excluding hydrogens is 330 g/mol. The van der Waals surface area contributed by atoms with E-state index in [4.69, 9.17) is 11.5 Å². The molecule has 0 aliphatic rings. The van der Waals surface area contributed by atoms with Gasteiger partial charge in [0.2, 0.25) is 0 Å². The van der Waals surface area contributed by atoms with Gasteiger partial charge in [0.05, 0.1) is 0 Å². The Hall–Kier alpha value is -1.68. The molecule has 148 valence electrons. The summed E-state index contributed by atoms with van der Waals surface area (Å²) in [6, 6.07) is 13.1. The first-order valence-corrected chi connectivity index (χ1v) is 10.5. The number of nitrogens with two attached hydrogens (primary N) is 2. The number of hydrogen-bond donors (Lipinski definition) is 3. The van der Waals surface area contributed by atoms with Crippen LogP contribution in [0.5, 0.6) is 0 Å². The molecule has 3 nitrogen and oxygen atoms in total. The lowest BCUT2D eigenvalue weighted by Crippen LogP contribution is -2.34. The Morgan fingerprint density at radius 3 is 1.19 bits per heavy atom. The van der Waals surface area contributed by atoms with Gasteiger partial charge >= 0.3 is 0 Å². The molecule has 0 saturated carbocycles. The first kappa shape index (κ1) is 21.6. The van der Waals surface area contributed by atoms with E-state index in [1.807, 2.05) is 0 Å². The van der Waals surface area contributed by atoms with Crippen molar-refractivity contribution in [3.05, 3.63) is 69.8 Å². The quantitative estimate of drug-likeness (QED) is 0.589. The second kappa shape index (κ2) is 10.6. The van der Waals surface area contributed by atoms with Crippen LogP contribution >= 0.6 is 0 Å². The third-order valence-electron chi connectivity index (χ3n) is 5.57. The highest BCUT2D eigenvalue weighted by molar-refractivity contribution is 5.39. The van der Waals surface area contributed by atoms with Crippen LogP contribution in [0.2, 0.25) is 0 Å². The number of rotatable bonds is 10. The van der Waals surface area contributed by atoms with E-state index in [-0.39, 0.29) is 12.1 Å². The molecule has 0 saturated heterocycles. The third-order valence-corrected chi connectivity index (χ3v) is 5.57. The smallest absolute Gasteiger partial charge is 0.0427 e. The number of aryl methyl sites for hydroxylation is 4. The van der Waals surface area contributed by atoms with Crippen LogP contribution in [-0.2, 0) is 25.7 Å². The van der Waals surface area contributed by atoms with Gasteiger partial charge in [-0.15, -0.1) is 0 Å². The van der Waals surface area contributed by atoms with Crippen LogP contribution in [0.25, 0.3) is 0 Å². The molecule has 27 heavy (non-hydrogen) atoms. The van der Waals surface area contributed by atoms with Gasteiger partial charge in [-0.05, 0) is 59.1 Å². The van der Waals surface area contributed by atoms with Crippen molar-refractivity contribution in [2.24, 2.45) is 11.5 Å². The van der Waals surface area contributed by atoms with Gasteiger partial charge < -0.3 is 16.8 Å². The highest BCUT2D eigenvalue weighted by Gasteiger charge is 2.17. The van der Waals surface area contributed by atoms with E-state index in [2.05, 4.69) is 69.4 Å². The Balaban J connectivity index is 2.07. The van der Waals surface area contributed by atoms with Gasteiger partial charge in [-0.1, -0.05) is 64.1 Å². The summed E-state index contributed by atoms with van der Waals surface area (Å²) in [6.45, 7) is 10.3. The summed E-state index contributed by atoms with van der Waals surface area (Å²) in [7, 11) is 0. The summed E-state index contributed by atoms with van der Waals surface area (Å²) in [6.07, 6.45) is 4.06. The first-order valence-electron chi connectivity index (χ1n) is 10.5. The highest BCUT2D eigenvalue weighted by atomic mass is 14.9. The highest BCUT2D eigenvalue weighted by Crippen LogP contribution is 2.24. The summed E-state index contributed by atoms with van der Waals surface area (Å²) in [4.78, 5) is 0. The fraction of sp³-hybridized carbons (Fsp3) is 0.500. The van der Waals surface area contributed by atoms with Crippen molar-refractivity contribution >= 4 is 0 Å². The fourth-order valence-electron chi connectivity index (χ4n) is 4.12. The zero-order valence-corrected chi connectivity index (χ0v) is 17.5. The van der Waals surface area contributed by atoms with Crippen molar-refractivity contribution < 1.29 is 0 Å². The molecule has 2 aromatic rings. The van der Waals surface area contributed by atoms with Gasteiger partial charge in [-0.25, -0.2) is 0 Å². The Morgan fingerprint density at radius 1 is 0.630 bits per heavy atom. The fourth-order valence-corrected chi connectivity index (χ4v) is 4.12. The monoisotopic (exact) mass is 367 g/mol. The van der Waals surface area contributed by atoms with E-state index >= 15 is 0 Å². The maximum atomic E-state index is 6.58. The van der Waals surface area contributed by atoms with E-state index in [9.17, 15) is 0 Å². The number of nitrogens with one attached hydrogen (secondary N) is 1. The van der Waals surface area contributed by atoms with E-state index in [1.54, 1.807) is 0 Å². The Bertz CT molecular complexity index is 618. The van der Waals surface area contributed by atoms with Crippen molar-refractivity contribution in [1.29, 1.82) is 0 Å². The normalized spacial score (nSPS) is 13.6. The zero-order chi connectivity index (χ0) is 19.8. The summed E-state index contributed by atoms with van der Waals surface area (Å²) in [5, 5.41) is 3.54. The first-order chi connectivity index (χ1) is 13.1. The van der Waals surface area contributed by atoms with Gasteiger partial charge in [-0.2, -0.15) is 0 Å². The van der Waals surface area contributed by atoms with Crippen molar-refractivity contribution in [3.8, 4) is 0 Å². The lowest BCUT2D eigenvalue weighted by Gasteiger charge is -2.23.